The minimum atomic E-state index is -5.54. The van der Waals surface area contributed by atoms with Crippen LogP contribution in [-0.2, 0) is 38.8 Å². The number of nitrogens with one attached hydrogen (secondary N) is 2. The summed E-state index contributed by atoms with van der Waals surface area (Å²) in [6.07, 6.45) is -5.39. The highest BCUT2D eigenvalue weighted by Crippen LogP contribution is 2.66. The second-order valence-electron chi connectivity index (χ2n) is 6.19. The maximum absolute atomic E-state index is 11.8. The lowest BCUT2D eigenvalue weighted by atomic mass is 10.1. The molecule has 2 aromatic rings. The van der Waals surface area contributed by atoms with Crippen molar-refractivity contribution in [3.8, 4) is 0 Å². The van der Waals surface area contributed by atoms with E-state index < -0.39 is 64.8 Å². The number of phosphoric acid groups is 2. The highest BCUT2D eigenvalue weighted by molar-refractivity contribution is 8.08. The van der Waals surface area contributed by atoms with Crippen molar-refractivity contribution in [3.63, 3.8) is 0 Å². The molecular formula is C10H15N4O14P3S. The molecule has 2 aromatic heterocycles. The number of hydrogen-bond donors (Lipinski definition) is 8. The van der Waals surface area contributed by atoms with E-state index >= 15 is 0 Å². The van der Waals surface area contributed by atoms with Crippen LogP contribution in [0.4, 0.5) is 0 Å². The van der Waals surface area contributed by atoms with Crippen LogP contribution in [0.25, 0.3) is 11.2 Å². The van der Waals surface area contributed by atoms with Crippen LogP contribution in [0.1, 0.15) is 6.23 Å². The van der Waals surface area contributed by atoms with Crippen LogP contribution in [0, 0.1) is 0 Å². The summed E-state index contributed by atoms with van der Waals surface area (Å²) in [5, 5.41) is 20.4. The Labute approximate surface area is 180 Å². The van der Waals surface area contributed by atoms with Crippen LogP contribution in [0.5, 0.6) is 0 Å². The van der Waals surface area contributed by atoms with Crippen molar-refractivity contribution in [2.24, 2.45) is 0 Å². The molecule has 0 radical (unpaired) electrons. The molecule has 1 fully saturated rings. The number of fused-ring (bicyclic) bond motifs is 1. The summed E-state index contributed by atoms with van der Waals surface area (Å²) < 4.78 is 41.7. The summed E-state index contributed by atoms with van der Waals surface area (Å²) >= 11 is 3.95. The minimum absolute atomic E-state index is 0.158. The summed E-state index contributed by atoms with van der Waals surface area (Å²) in [5.74, 6) is 0. The van der Waals surface area contributed by atoms with E-state index in [4.69, 9.17) is 14.5 Å². The number of H-pyrrole nitrogens is 2. The zero-order chi connectivity index (χ0) is 24.1. The Morgan fingerprint density at radius 1 is 1.09 bits per heavy atom. The van der Waals surface area contributed by atoms with E-state index in [1.807, 2.05) is 4.98 Å². The van der Waals surface area contributed by atoms with E-state index in [1.165, 1.54) is 0 Å². The van der Waals surface area contributed by atoms with Gasteiger partial charge in [-0.3, -0.25) is 23.9 Å². The van der Waals surface area contributed by atoms with Gasteiger partial charge in [-0.2, -0.15) is 4.31 Å². The zero-order valence-corrected chi connectivity index (χ0v) is 18.7. The second kappa shape index (κ2) is 8.90. The fraction of sp³-hybridized carbons (Fsp3) is 0.500. The van der Waals surface area contributed by atoms with Crippen molar-refractivity contribution >= 4 is 45.3 Å². The van der Waals surface area contributed by atoms with Crippen molar-refractivity contribution in [3.05, 3.63) is 27.2 Å². The molecule has 18 nitrogen and oxygen atoms in total. The number of aromatic amines is 2. The Bertz CT molecular complexity index is 1270. The van der Waals surface area contributed by atoms with E-state index in [0.717, 1.165) is 10.9 Å². The molecule has 0 aliphatic carbocycles. The van der Waals surface area contributed by atoms with Gasteiger partial charge in [0.15, 0.2) is 11.7 Å². The van der Waals surface area contributed by atoms with E-state index in [0.29, 0.717) is 0 Å². The number of phosphoric ester groups is 1. The fourth-order valence-electron chi connectivity index (χ4n) is 2.71. The fourth-order valence-corrected chi connectivity index (χ4v) is 6.50. The minimum Gasteiger partial charge on any atom is -0.387 e. The molecular weight excluding hydrogens is 525 g/mol. The van der Waals surface area contributed by atoms with Gasteiger partial charge in [0.05, 0.1) is 12.9 Å². The summed E-state index contributed by atoms with van der Waals surface area (Å²) in [7, 11) is -10.9. The summed E-state index contributed by atoms with van der Waals surface area (Å²) in [6.45, 7) is -5.73. The number of nitrogens with zero attached hydrogens (tertiary/aromatic N) is 2. The first kappa shape index (κ1) is 25.5. The van der Waals surface area contributed by atoms with Crippen LogP contribution >= 0.6 is 22.4 Å². The Balaban J connectivity index is 1.73. The standard InChI is InChI=1S/C10H15N4O14P3S/c15-5-3(1-25-29(19,20)27-30(21,22)28-31(23,24)32)26-9(6(5)16)14-2-11-4-7(14)12-10(18)13-8(4)17/h2-3,5-6,9,15-16H,1H2,(H,19,20)(H,21,22)(H2,23,24,32)(H2,12,13,17,18)/t3-,5-,6-,9-/m1/s1. The second-order valence-corrected chi connectivity index (χ2v) is 12.0. The van der Waals surface area contributed by atoms with E-state index in [9.17, 15) is 38.7 Å². The molecule has 22 heteroatoms. The summed E-state index contributed by atoms with van der Waals surface area (Å²) in [6, 6.07) is 0. The van der Waals surface area contributed by atoms with Crippen molar-refractivity contribution in [2.75, 3.05) is 6.61 Å². The maximum atomic E-state index is 11.8. The van der Waals surface area contributed by atoms with Crippen LogP contribution in [0.2, 0.25) is 0 Å². The molecule has 6 atom stereocenters. The molecule has 0 bridgehead atoms. The molecule has 0 aromatic carbocycles. The lowest BCUT2D eigenvalue weighted by Crippen LogP contribution is -2.33. The molecule has 180 valence electrons. The topological polar surface area (TPSA) is 276 Å². The van der Waals surface area contributed by atoms with E-state index in [-0.39, 0.29) is 11.2 Å². The van der Waals surface area contributed by atoms with Crippen molar-refractivity contribution in [1.82, 2.24) is 19.5 Å². The first-order valence-corrected chi connectivity index (χ1v) is 13.7. The predicted molar refractivity (Wildman–Crippen MR) is 103 cm³/mol. The third-order valence-corrected chi connectivity index (χ3v) is 8.30. The molecule has 3 rings (SSSR count). The molecule has 0 saturated carbocycles. The van der Waals surface area contributed by atoms with Gasteiger partial charge in [-0.05, 0) is 11.8 Å². The van der Waals surface area contributed by atoms with Crippen LogP contribution in [-0.4, -0.2) is 74.2 Å². The van der Waals surface area contributed by atoms with Gasteiger partial charge < -0.3 is 34.5 Å². The number of imidazole rings is 1. The van der Waals surface area contributed by atoms with Crippen LogP contribution < -0.4 is 11.2 Å². The maximum Gasteiger partial charge on any atom is 0.488 e. The third kappa shape index (κ3) is 5.85. The van der Waals surface area contributed by atoms with Gasteiger partial charge >= 0.3 is 28.1 Å². The number of aliphatic hydroxyl groups excluding tert-OH is 2. The Morgan fingerprint density at radius 3 is 2.38 bits per heavy atom. The normalized spacial score (nSPS) is 27.9. The SMILES string of the molecule is O=c1[nH]c(=O)c2ncn([C@@H]3O[C@H](COP(=O)(O)OP(=O)(O)OP(O)(O)=S)[C@@H](O)[C@H]3O)c2[nH]1. The zero-order valence-electron chi connectivity index (χ0n) is 15.2. The van der Waals surface area contributed by atoms with Gasteiger partial charge in [0.1, 0.15) is 24.0 Å². The first-order valence-electron chi connectivity index (χ1n) is 8.08. The van der Waals surface area contributed by atoms with Gasteiger partial charge in [0.25, 0.3) is 5.56 Å². The molecule has 1 saturated heterocycles. The number of hydrogen-bond acceptors (Lipinski definition) is 12. The molecule has 8 N–H and O–H groups in total. The Hall–Kier alpha value is -1.14. The van der Waals surface area contributed by atoms with Gasteiger partial charge in [-0.1, -0.05) is 0 Å². The average Bonchev–Trinajstić information content (AvgIpc) is 3.12. The number of aromatic nitrogens is 4. The molecule has 1 aliphatic rings. The highest BCUT2D eigenvalue weighted by Gasteiger charge is 2.46. The lowest BCUT2D eigenvalue weighted by Gasteiger charge is -2.19. The van der Waals surface area contributed by atoms with Crippen molar-refractivity contribution in [1.29, 1.82) is 0 Å². The highest BCUT2D eigenvalue weighted by atomic mass is 32.5. The van der Waals surface area contributed by atoms with Crippen LogP contribution in [0.15, 0.2) is 15.9 Å². The van der Waals surface area contributed by atoms with Crippen molar-refractivity contribution in [2.45, 2.75) is 24.5 Å². The van der Waals surface area contributed by atoms with Gasteiger partial charge in [0, 0.05) is 0 Å². The Kier molecular flexibility index (Phi) is 7.09. The molecule has 2 unspecified atom stereocenters. The quantitative estimate of drug-likeness (QED) is 0.161. The Morgan fingerprint density at radius 2 is 1.75 bits per heavy atom. The smallest absolute Gasteiger partial charge is 0.387 e. The van der Waals surface area contributed by atoms with E-state index in [2.05, 4.69) is 34.9 Å². The molecule has 0 spiro atoms. The molecule has 3 heterocycles. The average molecular weight is 540 g/mol. The monoisotopic (exact) mass is 540 g/mol. The number of ether oxygens (including phenoxy) is 1. The largest absolute Gasteiger partial charge is 0.488 e. The number of rotatable bonds is 8. The summed E-state index contributed by atoms with van der Waals surface area (Å²) in [5.41, 5.74) is -2.09. The van der Waals surface area contributed by atoms with Crippen LogP contribution in [0.3, 0.4) is 0 Å². The molecule has 32 heavy (non-hydrogen) atoms. The van der Waals surface area contributed by atoms with Gasteiger partial charge in [0.2, 0.25) is 0 Å². The lowest BCUT2D eigenvalue weighted by molar-refractivity contribution is -0.0503. The van der Waals surface area contributed by atoms with Gasteiger partial charge in [-0.25, -0.2) is 23.2 Å². The van der Waals surface area contributed by atoms with Gasteiger partial charge in [-0.15, -0.1) is 0 Å². The first-order chi connectivity index (χ1) is 14.6. The summed E-state index contributed by atoms with van der Waals surface area (Å²) in [4.78, 5) is 67.7. The predicted octanol–water partition coefficient (Wildman–Crippen LogP) is -2.51. The third-order valence-electron chi connectivity index (χ3n) is 3.90. The molecule has 0 amide bonds. The molecule has 1 aliphatic heterocycles. The number of aliphatic hydroxyl groups is 2. The van der Waals surface area contributed by atoms with E-state index in [1.54, 1.807) is 0 Å². The van der Waals surface area contributed by atoms with Crippen molar-refractivity contribution < 1.29 is 56.8 Å².